The van der Waals surface area contributed by atoms with Crippen molar-refractivity contribution in [3.05, 3.63) is 95.7 Å². The lowest BCUT2D eigenvalue weighted by atomic mass is 9.76. The van der Waals surface area contributed by atoms with Crippen molar-refractivity contribution in [3.8, 4) is 5.75 Å². The van der Waals surface area contributed by atoms with E-state index in [-0.39, 0.29) is 12.2 Å². The first kappa shape index (κ1) is 23.9. The number of aliphatic carboxylic acids is 1. The van der Waals surface area contributed by atoms with Gasteiger partial charge in [0.15, 0.2) is 0 Å². The second-order valence-corrected chi connectivity index (χ2v) is 10.0. The second-order valence-electron chi connectivity index (χ2n) is 10.0. The Hall–Kier alpha value is -4.43. The number of anilines is 1. The minimum absolute atomic E-state index is 0.0285. The van der Waals surface area contributed by atoms with Crippen LogP contribution in [0.3, 0.4) is 0 Å². The maximum atomic E-state index is 14.1. The lowest BCUT2D eigenvalue weighted by Gasteiger charge is -2.31. The monoisotopic (exact) mass is 509 g/mol. The first-order valence-electron chi connectivity index (χ1n) is 12.7. The average molecular weight is 510 g/mol. The fraction of sp³-hybridized carbons (Fsp3) is 0.233. The summed E-state index contributed by atoms with van der Waals surface area (Å²) in [6, 6.07) is 20.4. The highest BCUT2D eigenvalue weighted by molar-refractivity contribution is 6.24. The van der Waals surface area contributed by atoms with Crippen molar-refractivity contribution in [1.29, 1.82) is 0 Å². The molecule has 4 N–H and O–H groups in total. The molecule has 4 atom stereocenters. The van der Waals surface area contributed by atoms with Crippen LogP contribution in [0.15, 0.2) is 79.0 Å². The molecule has 38 heavy (non-hydrogen) atoms. The number of rotatable bonds is 6. The fourth-order valence-corrected chi connectivity index (χ4v) is 6.17. The van der Waals surface area contributed by atoms with E-state index in [0.717, 1.165) is 33.4 Å². The number of fused-ring (bicyclic) bond motifs is 2. The van der Waals surface area contributed by atoms with Crippen molar-refractivity contribution < 1.29 is 24.6 Å². The van der Waals surface area contributed by atoms with Gasteiger partial charge in [-0.05, 0) is 41.8 Å². The average Bonchev–Trinajstić information content (AvgIpc) is 3.57. The number of aromatic nitrogens is 1. The van der Waals surface area contributed by atoms with Crippen LogP contribution < -0.4 is 10.2 Å². The summed E-state index contributed by atoms with van der Waals surface area (Å²) in [6.45, 7) is 2.01. The van der Waals surface area contributed by atoms with E-state index in [4.69, 9.17) is 0 Å². The number of aryl methyl sites for hydroxylation is 1. The number of phenolic OH excluding ortho intramolecular Hbond substituents is 1. The third kappa shape index (κ3) is 3.44. The van der Waals surface area contributed by atoms with Crippen LogP contribution in [-0.4, -0.2) is 38.5 Å². The van der Waals surface area contributed by atoms with Crippen molar-refractivity contribution in [2.24, 2.45) is 11.8 Å². The summed E-state index contributed by atoms with van der Waals surface area (Å²) in [4.78, 5) is 45.5. The molecular formula is C30H27N3O5. The molecule has 6 rings (SSSR count). The maximum Gasteiger partial charge on any atom is 0.325 e. The predicted molar refractivity (Wildman–Crippen MR) is 142 cm³/mol. The maximum absolute atomic E-state index is 14.1. The lowest BCUT2D eigenvalue weighted by molar-refractivity contribution is -0.148. The van der Waals surface area contributed by atoms with Gasteiger partial charge in [-0.3, -0.25) is 19.7 Å². The number of carbonyl (C=O) groups excluding carboxylic acids is 2. The largest absolute Gasteiger partial charge is 0.508 e. The van der Waals surface area contributed by atoms with E-state index in [0.29, 0.717) is 11.3 Å². The topological polar surface area (TPSA) is 123 Å². The molecular weight excluding hydrogens is 482 g/mol. The summed E-state index contributed by atoms with van der Waals surface area (Å²) in [5.74, 6) is -4.52. The van der Waals surface area contributed by atoms with Crippen molar-refractivity contribution in [3.63, 3.8) is 0 Å². The van der Waals surface area contributed by atoms with E-state index in [9.17, 15) is 24.6 Å². The zero-order chi connectivity index (χ0) is 26.6. The van der Waals surface area contributed by atoms with Gasteiger partial charge >= 0.3 is 5.97 Å². The van der Waals surface area contributed by atoms with E-state index in [1.165, 1.54) is 6.07 Å². The number of nitrogens with one attached hydrogen (secondary N) is 2. The number of hydrogen-bond acceptors (Lipinski definition) is 5. The number of amides is 2. The number of hydrogen-bond donors (Lipinski definition) is 4. The minimum atomic E-state index is -1.78. The van der Waals surface area contributed by atoms with Gasteiger partial charge in [0.2, 0.25) is 11.8 Å². The van der Waals surface area contributed by atoms with Crippen molar-refractivity contribution in [1.82, 2.24) is 10.3 Å². The lowest BCUT2D eigenvalue weighted by Crippen LogP contribution is -2.57. The molecule has 3 heterocycles. The number of carboxylic acid groups (broad SMARTS) is 1. The normalized spacial score (nSPS) is 24.8. The summed E-state index contributed by atoms with van der Waals surface area (Å²) in [5.41, 5.74) is 1.64. The van der Waals surface area contributed by atoms with Crippen molar-refractivity contribution in [2.75, 3.05) is 4.90 Å². The molecule has 2 fully saturated rings. The van der Waals surface area contributed by atoms with Crippen LogP contribution in [0.2, 0.25) is 0 Å². The molecule has 2 amide bonds. The first-order chi connectivity index (χ1) is 18.4. The third-order valence-corrected chi connectivity index (χ3v) is 8.05. The molecule has 1 aromatic heterocycles. The van der Waals surface area contributed by atoms with Crippen LogP contribution in [0, 0.1) is 11.8 Å². The molecule has 192 valence electrons. The molecule has 4 aromatic rings. The first-order valence-corrected chi connectivity index (χ1v) is 12.7. The summed E-state index contributed by atoms with van der Waals surface area (Å²) in [7, 11) is 0. The minimum Gasteiger partial charge on any atom is -0.508 e. The van der Waals surface area contributed by atoms with Gasteiger partial charge in [0.05, 0.1) is 17.5 Å². The summed E-state index contributed by atoms with van der Waals surface area (Å²) in [5, 5.41) is 25.4. The van der Waals surface area contributed by atoms with Gasteiger partial charge in [-0.1, -0.05) is 55.5 Å². The van der Waals surface area contributed by atoms with Crippen LogP contribution in [0.4, 0.5) is 5.69 Å². The molecule has 0 spiro atoms. The Morgan fingerprint density at radius 1 is 0.974 bits per heavy atom. The number of carbonyl (C=O) groups is 3. The van der Waals surface area contributed by atoms with E-state index in [2.05, 4.69) is 10.3 Å². The van der Waals surface area contributed by atoms with E-state index in [1.54, 1.807) is 36.5 Å². The molecule has 0 radical (unpaired) electrons. The Morgan fingerprint density at radius 3 is 2.39 bits per heavy atom. The SMILES string of the molecule is CCc1ccc(N2C(=O)[C@H]3[C@@H](c4ccccc4O)N[C@](Cc4c[nH]c5ccccc45)(C(=O)O)[C@H]3C2=O)cc1. The number of H-pyrrole nitrogens is 1. The Balaban J connectivity index is 1.51. The predicted octanol–water partition coefficient (Wildman–Crippen LogP) is 3.95. The van der Waals surface area contributed by atoms with Gasteiger partial charge in [0.25, 0.3) is 0 Å². The molecule has 0 unspecified atom stereocenters. The van der Waals surface area contributed by atoms with E-state index >= 15 is 0 Å². The smallest absolute Gasteiger partial charge is 0.325 e. The number of benzene rings is 3. The van der Waals surface area contributed by atoms with Gasteiger partial charge in [-0.25, -0.2) is 4.90 Å². The van der Waals surface area contributed by atoms with Crippen LogP contribution in [-0.2, 0) is 27.2 Å². The van der Waals surface area contributed by atoms with Crippen LogP contribution >= 0.6 is 0 Å². The van der Waals surface area contributed by atoms with Crippen LogP contribution in [0.1, 0.15) is 29.7 Å². The number of phenols is 1. The number of aromatic hydroxyl groups is 1. The number of aromatic amines is 1. The Labute approximate surface area is 218 Å². The van der Waals surface area contributed by atoms with Crippen molar-refractivity contribution in [2.45, 2.75) is 31.3 Å². The molecule has 2 saturated heterocycles. The molecule has 0 bridgehead atoms. The fourth-order valence-electron chi connectivity index (χ4n) is 6.17. The zero-order valence-corrected chi connectivity index (χ0v) is 20.7. The molecule has 8 heteroatoms. The Kier molecular flexibility index (Phi) is 5.57. The summed E-state index contributed by atoms with van der Waals surface area (Å²) >= 11 is 0. The summed E-state index contributed by atoms with van der Waals surface area (Å²) in [6.07, 6.45) is 2.53. The highest BCUT2D eigenvalue weighted by Gasteiger charge is 2.69. The molecule has 8 nitrogen and oxygen atoms in total. The van der Waals surface area contributed by atoms with Crippen LogP contribution in [0.5, 0.6) is 5.75 Å². The molecule has 2 aliphatic rings. The highest BCUT2D eigenvalue weighted by Crippen LogP contribution is 2.52. The number of imide groups is 1. The summed E-state index contributed by atoms with van der Waals surface area (Å²) < 4.78 is 0. The van der Waals surface area contributed by atoms with Gasteiger partial charge in [-0.15, -0.1) is 0 Å². The van der Waals surface area contributed by atoms with Gasteiger partial charge < -0.3 is 15.2 Å². The quantitative estimate of drug-likeness (QED) is 0.292. The van der Waals surface area contributed by atoms with Crippen LogP contribution in [0.25, 0.3) is 10.9 Å². The van der Waals surface area contributed by atoms with E-state index < -0.39 is 41.2 Å². The van der Waals surface area contributed by atoms with Gasteiger partial charge in [-0.2, -0.15) is 0 Å². The molecule has 3 aromatic carbocycles. The molecule has 2 aliphatic heterocycles. The zero-order valence-electron chi connectivity index (χ0n) is 20.7. The Bertz CT molecular complexity index is 1580. The molecule has 0 aliphatic carbocycles. The van der Waals surface area contributed by atoms with Gasteiger partial charge in [0, 0.05) is 35.1 Å². The number of para-hydroxylation sites is 2. The standard InChI is InChI=1S/C30H27N3O5/c1-2-17-11-13-19(14-12-17)33-27(35)24-25(28(33)36)30(29(37)38,32-26(24)21-8-4-6-10-23(21)34)15-18-16-31-22-9-5-3-7-20(18)22/h3-14,16,24-26,31-32,34H,2,15H2,1H3,(H,37,38)/t24-,25-,26-,30+/m1/s1. The van der Waals surface area contributed by atoms with E-state index in [1.807, 2.05) is 43.3 Å². The van der Waals surface area contributed by atoms with Crippen molar-refractivity contribution >= 4 is 34.4 Å². The number of carboxylic acids is 1. The third-order valence-electron chi connectivity index (χ3n) is 8.05. The van der Waals surface area contributed by atoms with Gasteiger partial charge in [0.1, 0.15) is 11.3 Å². The highest BCUT2D eigenvalue weighted by atomic mass is 16.4. The Morgan fingerprint density at radius 2 is 1.68 bits per heavy atom. The second kappa shape index (κ2) is 8.85. The number of nitrogens with zero attached hydrogens (tertiary/aromatic N) is 1. The molecule has 0 saturated carbocycles.